The quantitative estimate of drug-likeness (QED) is 0.656. The Morgan fingerprint density at radius 3 is 2.32 bits per heavy atom. The first kappa shape index (κ1) is 21.4. The summed E-state index contributed by atoms with van der Waals surface area (Å²) in [6.45, 7) is 4.97. The summed E-state index contributed by atoms with van der Waals surface area (Å²) < 4.78 is 12.9. The van der Waals surface area contributed by atoms with Crippen molar-refractivity contribution >= 4 is 46.5 Å². The molecule has 6 nitrogen and oxygen atoms in total. The molecule has 2 aromatic carbocycles. The third kappa shape index (κ3) is 6.70. The van der Waals surface area contributed by atoms with Crippen LogP contribution in [0, 0.1) is 12.7 Å². The van der Waals surface area contributed by atoms with Crippen molar-refractivity contribution in [1.29, 1.82) is 0 Å². The Labute approximate surface area is 167 Å². The van der Waals surface area contributed by atoms with Crippen LogP contribution in [0.2, 0.25) is 0 Å². The number of hydrogen-bond donors (Lipinski definition) is 3. The van der Waals surface area contributed by atoms with Crippen molar-refractivity contribution in [3.63, 3.8) is 0 Å². The molecule has 0 fully saturated rings. The lowest BCUT2D eigenvalue weighted by Crippen LogP contribution is -2.25. The molecule has 28 heavy (non-hydrogen) atoms. The Balaban J connectivity index is 1.90. The zero-order valence-corrected chi connectivity index (χ0v) is 16.7. The number of aryl methyl sites for hydroxylation is 1. The van der Waals surface area contributed by atoms with Gasteiger partial charge in [0.15, 0.2) is 0 Å². The Morgan fingerprint density at radius 1 is 1.00 bits per heavy atom. The van der Waals surface area contributed by atoms with Crippen molar-refractivity contribution in [2.24, 2.45) is 0 Å². The van der Waals surface area contributed by atoms with Crippen molar-refractivity contribution in [2.45, 2.75) is 26.0 Å². The summed E-state index contributed by atoms with van der Waals surface area (Å²) in [5, 5.41) is 7.61. The average molecular weight is 403 g/mol. The molecule has 1 unspecified atom stereocenters. The third-order valence-corrected chi connectivity index (χ3v) is 4.85. The standard InChI is InChI=1S/C20H22FN3O3S/c1-12-4-9-17(22-14(3)25)18(10-12)24-20(27)13(2)28-11-19(26)23-16-7-5-15(21)6-8-16/h4-10,13H,11H2,1-3H3,(H,22,25)(H,23,26)(H,24,27). The van der Waals surface area contributed by atoms with Crippen LogP contribution in [0.25, 0.3) is 0 Å². The fourth-order valence-electron chi connectivity index (χ4n) is 2.30. The molecule has 0 aliphatic heterocycles. The molecule has 0 aliphatic carbocycles. The molecule has 0 aliphatic rings. The summed E-state index contributed by atoms with van der Waals surface area (Å²) in [4.78, 5) is 35.8. The number of nitrogens with one attached hydrogen (secondary N) is 3. The maximum Gasteiger partial charge on any atom is 0.237 e. The molecule has 3 amide bonds. The highest BCUT2D eigenvalue weighted by molar-refractivity contribution is 8.01. The van der Waals surface area contributed by atoms with Crippen LogP contribution in [0.4, 0.5) is 21.5 Å². The van der Waals surface area contributed by atoms with Crippen LogP contribution in [0.1, 0.15) is 19.4 Å². The van der Waals surface area contributed by atoms with Gasteiger partial charge in [-0.05, 0) is 55.8 Å². The van der Waals surface area contributed by atoms with E-state index in [1.807, 2.05) is 13.0 Å². The smallest absolute Gasteiger partial charge is 0.237 e. The van der Waals surface area contributed by atoms with Gasteiger partial charge in [0.1, 0.15) is 5.82 Å². The monoisotopic (exact) mass is 403 g/mol. The lowest BCUT2D eigenvalue weighted by molar-refractivity contribution is -0.116. The zero-order valence-electron chi connectivity index (χ0n) is 15.8. The van der Waals surface area contributed by atoms with Crippen LogP contribution >= 0.6 is 11.8 Å². The van der Waals surface area contributed by atoms with E-state index in [1.54, 1.807) is 19.1 Å². The number of rotatable bonds is 7. The highest BCUT2D eigenvalue weighted by Gasteiger charge is 2.17. The fourth-order valence-corrected chi connectivity index (χ4v) is 2.99. The van der Waals surface area contributed by atoms with Gasteiger partial charge in [-0.3, -0.25) is 14.4 Å². The van der Waals surface area contributed by atoms with E-state index in [-0.39, 0.29) is 29.3 Å². The van der Waals surface area contributed by atoms with Gasteiger partial charge in [-0.25, -0.2) is 4.39 Å². The second-order valence-electron chi connectivity index (χ2n) is 6.23. The van der Waals surface area contributed by atoms with Gasteiger partial charge < -0.3 is 16.0 Å². The van der Waals surface area contributed by atoms with Crippen molar-refractivity contribution in [2.75, 3.05) is 21.7 Å². The van der Waals surface area contributed by atoms with E-state index >= 15 is 0 Å². The minimum atomic E-state index is -0.496. The molecule has 0 bridgehead atoms. The minimum Gasteiger partial charge on any atom is -0.325 e. The van der Waals surface area contributed by atoms with Crippen LogP contribution in [-0.4, -0.2) is 28.7 Å². The Kier molecular flexibility index (Phi) is 7.57. The summed E-state index contributed by atoms with van der Waals surface area (Å²) in [5.41, 5.74) is 2.44. The molecule has 0 saturated heterocycles. The number of benzene rings is 2. The Morgan fingerprint density at radius 2 is 1.68 bits per heavy atom. The van der Waals surface area contributed by atoms with Gasteiger partial charge in [-0.1, -0.05) is 6.07 Å². The maximum atomic E-state index is 12.9. The first-order valence-electron chi connectivity index (χ1n) is 8.60. The molecule has 2 rings (SSSR count). The molecule has 1 atom stereocenters. The van der Waals surface area contributed by atoms with Crippen molar-refractivity contribution in [3.05, 3.63) is 53.8 Å². The van der Waals surface area contributed by atoms with Crippen molar-refractivity contribution in [3.8, 4) is 0 Å². The molecule has 2 aromatic rings. The molecule has 0 heterocycles. The van der Waals surface area contributed by atoms with E-state index in [4.69, 9.17) is 0 Å². The van der Waals surface area contributed by atoms with E-state index in [0.717, 1.165) is 5.56 Å². The number of amides is 3. The molecule has 0 spiro atoms. The SMILES string of the molecule is CC(=O)Nc1ccc(C)cc1NC(=O)C(C)SCC(=O)Nc1ccc(F)cc1. The molecule has 0 aromatic heterocycles. The fraction of sp³-hybridized carbons (Fsp3) is 0.250. The van der Waals surface area contributed by atoms with Crippen molar-refractivity contribution in [1.82, 2.24) is 0 Å². The second-order valence-corrected chi connectivity index (χ2v) is 7.56. The van der Waals surface area contributed by atoms with E-state index < -0.39 is 5.25 Å². The lowest BCUT2D eigenvalue weighted by Gasteiger charge is -2.15. The molecule has 0 saturated carbocycles. The maximum absolute atomic E-state index is 12.9. The van der Waals surface area contributed by atoms with Crippen LogP contribution < -0.4 is 16.0 Å². The highest BCUT2D eigenvalue weighted by Crippen LogP contribution is 2.24. The number of halogens is 1. The van der Waals surface area contributed by atoms with Gasteiger partial charge in [0.25, 0.3) is 0 Å². The van der Waals surface area contributed by atoms with Gasteiger partial charge in [-0.2, -0.15) is 0 Å². The molecule has 3 N–H and O–H groups in total. The third-order valence-electron chi connectivity index (χ3n) is 3.71. The van der Waals surface area contributed by atoms with Gasteiger partial charge in [0, 0.05) is 12.6 Å². The normalized spacial score (nSPS) is 11.4. The number of thioether (sulfide) groups is 1. The van der Waals surface area contributed by atoms with Crippen LogP contribution in [-0.2, 0) is 14.4 Å². The van der Waals surface area contributed by atoms with E-state index in [2.05, 4.69) is 16.0 Å². The van der Waals surface area contributed by atoms with Crippen LogP contribution in [0.15, 0.2) is 42.5 Å². The summed E-state index contributed by atoms with van der Waals surface area (Å²) in [6, 6.07) is 10.8. The second kappa shape index (κ2) is 9.89. The minimum absolute atomic E-state index is 0.0678. The predicted molar refractivity (Wildman–Crippen MR) is 111 cm³/mol. The number of carbonyl (C=O) groups excluding carboxylic acids is 3. The summed E-state index contributed by atoms with van der Waals surface area (Å²) in [5.74, 6) is -1.12. The van der Waals surface area contributed by atoms with Crippen molar-refractivity contribution < 1.29 is 18.8 Å². The van der Waals surface area contributed by atoms with Crippen LogP contribution in [0.5, 0.6) is 0 Å². The molecule has 148 valence electrons. The first-order chi connectivity index (χ1) is 13.2. The van der Waals surface area contributed by atoms with Crippen LogP contribution in [0.3, 0.4) is 0 Å². The van der Waals surface area contributed by atoms with Gasteiger partial charge in [0.2, 0.25) is 17.7 Å². The van der Waals surface area contributed by atoms with E-state index in [1.165, 1.54) is 43.0 Å². The molecule has 8 heteroatoms. The Bertz CT molecular complexity index is 871. The molecule has 0 radical (unpaired) electrons. The predicted octanol–water partition coefficient (Wildman–Crippen LogP) is 3.79. The summed E-state index contributed by atoms with van der Waals surface area (Å²) in [7, 11) is 0. The topological polar surface area (TPSA) is 87.3 Å². The average Bonchev–Trinajstić information content (AvgIpc) is 2.63. The number of carbonyl (C=O) groups is 3. The Hall–Kier alpha value is -2.87. The molecular weight excluding hydrogens is 381 g/mol. The summed E-state index contributed by atoms with van der Waals surface area (Å²) in [6.07, 6.45) is 0. The van der Waals surface area contributed by atoms with E-state index in [9.17, 15) is 18.8 Å². The summed E-state index contributed by atoms with van der Waals surface area (Å²) >= 11 is 1.17. The lowest BCUT2D eigenvalue weighted by atomic mass is 10.2. The molecular formula is C20H22FN3O3S. The first-order valence-corrected chi connectivity index (χ1v) is 9.65. The largest absolute Gasteiger partial charge is 0.325 e. The number of hydrogen-bond acceptors (Lipinski definition) is 4. The van der Waals surface area contributed by atoms with Gasteiger partial charge in [0.05, 0.1) is 22.4 Å². The van der Waals surface area contributed by atoms with E-state index in [0.29, 0.717) is 17.1 Å². The number of anilines is 3. The van der Waals surface area contributed by atoms with Gasteiger partial charge in [-0.15, -0.1) is 11.8 Å². The zero-order chi connectivity index (χ0) is 20.7. The highest BCUT2D eigenvalue weighted by atomic mass is 32.2. The van der Waals surface area contributed by atoms with Gasteiger partial charge >= 0.3 is 0 Å².